The lowest BCUT2D eigenvalue weighted by Gasteiger charge is -2.35. The number of aldehydes is 1. The van der Waals surface area contributed by atoms with Crippen molar-refractivity contribution >= 4 is 34.9 Å². The molecule has 1 atom stereocenters. The third-order valence-corrected chi connectivity index (χ3v) is 4.72. The molecule has 1 heterocycles. The number of hydrogen-bond donors (Lipinski definition) is 0. The Morgan fingerprint density at radius 1 is 1.00 bits per heavy atom. The molecule has 0 aliphatic carbocycles. The maximum atomic E-state index is 12.7. The van der Waals surface area contributed by atoms with Crippen molar-refractivity contribution in [2.75, 3.05) is 12.0 Å². The molecule has 0 saturated heterocycles. The van der Waals surface area contributed by atoms with E-state index >= 15 is 0 Å². The summed E-state index contributed by atoms with van der Waals surface area (Å²) in [4.78, 5) is 26.1. The fraction of sp³-hybridized carbons (Fsp3) is 0.0909. The molecule has 26 heavy (non-hydrogen) atoms. The van der Waals surface area contributed by atoms with Gasteiger partial charge in [0.2, 0.25) is 0 Å². The zero-order valence-electron chi connectivity index (χ0n) is 14.3. The van der Waals surface area contributed by atoms with Gasteiger partial charge in [-0.05, 0) is 34.0 Å². The third-order valence-electron chi connectivity index (χ3n) is 4.72. The number of ether oxygens (including phenoxy) is 1. The summed E-state index contributed by atoms with van der Waals surface area (Å²) in [6.45, 7) is 0. The Morgan fingerprint density at radius 3 is 2.54 bits per heavy atom. The van der Waals surface area contributed by atoms with Crippen molar-refractivity contribution < 1.29 is 14.3 Å². The molecule has 0 unspecified atom stereocenters. The second-order valence-corrected chi connectivity index (χ2v) is 6.13. The lowest BCUT2D eigenvalue weighted by atomic mass is 9.88. The van der Waals surface area contributed by atoms with Crippen LogP contribution in [0.1, 0.15) is 17.2 Å². The number of benzene rings is 3. The van der Waals surface area contributed by atoms with Crippen LogP contribution in [-0.2, 0) is 9.53 Å². The number of amides is 1. The first-order valence-electron chi connectivity index (χ1n) is 8.35. The summed E-state index contributed by atoms with van der Waals surface area (Å²) in [6.07, 6.45) is 2.16. The van der Waals surface area contributed by atoms with E-state index in [2.05, 4.69) is 0 Å². The van der Waals surface area contributed by atoms with E-state index in [-0.39, 0.29) is 0 Å². The fourth-order valence-corrected chi connectivity index (χ4v) is 3.58. The maximum Gasteiger partial charge on any atom is 0.414 e. The first-order valence-corrected chi connectivity index (χ1v) is 8.35. The number of methoxy groups -OCH3 is 1. The van der Waals surface area contributed by atoms with Crippen LogP contribution in [0.2, 0.25) is 0 Å². The summed E-state index contributed by atoms with van der Waals surface area (Å²) >= 11 is 0. The van der Waals surface area contributed by atoms with E-state index < -0.39 is 12.1 Å². The van der Waals surface area contributed by atoms with Crippen LogP contribution in [0.3, 0.4) is 0 Å². The lowest BCUT2D eigenvalue weighted by molar-refractivity contribution is -0.105. The standard InChI is InChI=1S/C22H17NO3/c1-26-22(25)23-20-12-5-3-8-16(20)13-17(14-24)21(23)19-11-6-9-15-7-2-4-10-18(15)19/h2-14,21H,1H3/t21-/m0/s1. The van der Waals surface area contributed by atoms with Crippen molar-refractivity contribution in [1.82, 2.24) is 0 Å². The minimum Gasteiger partial charge on any atom is -0.452 e. The van der Waals surface area contributed by atoms with Gasteiger partial charge >= 0.3 is 6.09 Å². The summed E-state index contributed by atoms with van der Waals surface area (Å²) in [5.41, 5.74) is 2.95. The highest BCUT2D eigenvalue weighted by molar-refractivity contribution is 6.01. The molecule has 3 aromatic carbocycles. The van der Waals surface area contributed by atoms with Crippen LogP contribution in [-0.4, -0.2) is 19.5 Å². The second kappa shape index (κ2) is 6.48. The van der Waals surface area contributed by atoms with Gasteiger partial charge in [-0.3, -0.25) is 9.69 Å². The van der Waals surface area contributed by atoms with Gasteiger partial charge in [0.05, 0.1) is 18.8 Å². The number of rotatable bonds is 2. The molecule has 4 nitrogen and oxygen atoms in total. The Kier molecular flexibility index (Phi) is 4.01. The first-order chi connectivity index (χ1) is 12.7. The van der Waals surface area contributed by atoms with Crippen LogP contribution in [0.25, 0.3) is 16.8 Å². The average Bonchev–Trinajstić information content (AvgIpc) is 2.71. The van der Waals surface area contributed by atoms with Crippen molar-refractivity contribution in [2.45, 2.75) is 6.04 Å². The lowest BCUT2D eigenvalue weighted by Crippen LogP contribution is -2.38. The van der Waals surface area contributed by atoms with Crippen LogP contribution in [0.4, 0.5) is 10.5 Å². The van der Waals surface area contributed by atoms with E-state index in [0.29, 0.717) is 5.57 Å². The highest BCUT2D eigenvalue weighted by Crippen LogP contribution is 2.42. The van der Waals surface area contributed by atoms with Gasteiger partial charge < -0.3 is 4.74 Å². The van der Waals surface area contributed by atoms with Gasteiger partial charge in [0, 0.05) is 5.57 Å². The molecule has 0 spiro atoms. The summed E-state index contributed by atoms with van der Waals surface area (Å²) in [7, 11) is 1.35. The van der Waals surface area contributed by atoms with Gasteiger partial charge in [0.15, 0.2) is 0 Å². The van der Waals surface area contributed by atoms with E-state index in [1.807, 2.05) is 72.8 Å². The average molecular weight is 343 g/mol. The van der Waals surface area contributed by atoms with Crippen LogP contribution >= 0.6 is 0 Å². The number of nitrogens with zero attached hydrogens (tertiary/aromatic N) is 1. The van der Waals surface area contributed by atoms with E-state index in [4.69, 9.17) is 4.74 Å². The van der Waals surface area contributed by atoms with Crippen molar-refractivity contribution in [3.8, 4) is 0 Å². The van der Waals surface area contributed by atoms with Gasteiger partial charge in [-0.15, -0.1) is 0 Å². The summed E-state index contributed by atoms with van der Waals surface area (Å²) in [5.74, 6) is 0. The van der Waals surface area contributed by atoms with Crippen LogP contribution in [0.15, 0.2) is 72.3 Å². The van der Waals surface area contributed by atoms with Gasteiger partial charge in [-0.2, -0.15) is 0 Å². The number of anilines is 1. The van der Waals surface area contributed by atoms with Gasteiger partial charge in [0.1, 0.15) is 6.29 Å². The molecule has 0 N–H and O–H groups in total. The molecule has 1 aliphatic heterocycles. The minimum atomic E-state index is -0.541. The minimum absolute atomic E-state index is 0.497. The maximum absolute atomic E-state index is 12.7. The molecule has 4 heteroatoms. The molecular weight excluding hydrogens is 326 g/mol. The van der Waals surface area contributed by atoms with Gasteiger partial charge in [0.25, 0.3) is 0 Å². The Labute approximate surface area is 151 Å². The summed E-state index contributed by atoms with van der Waals surface area (Å²) in [5, 5.41) is 2.06. The second-order valence-electron chi connectivity index (χ2n) is 6.13. The predicted octanol–water partition coefficient (Wildman–Crippen LogP) is 4.75. The summed E-state index contributed by atoms with van der Waals surface area (Å²) in [6, 6.07) is 20.8. The van der Waals surface area contributed by atoms with Crippen LogP contribution < -0.4 is 4.90 Å². The highest BCUT2D eigenvalue weighted by Gasteiger charge is 2.35. The number of hydrogen-bond acceptors (Lipinski definition) is 3. The number of fused-ring (bicyclic) bond motifs is 2. The van der Waals surface area contributed by atoms with E-state index in [9.17, 15) is 9.59 Å². The van der Waals surface area contributed by atoms with E-state index in [1.165, 1.54) is 7.11 Å². The van der Waals surface area contributed by atoms with E-state index in [1.54, 1.807) is 4.90 Å². The number of carbonyl (C=O) groups excluding carboxylic acids is 2. The fourth-order valence-electron chi connectivity index (χ4n) is 3.58. The number of carbonyl (C=O) groups is 2. The highest BCUT2D eigenvalue weighted by atomic mass is 16.5. The molecule has 0 bridgehead atoms. The zero-order valence-corrected chi connectivity index (χ0v) is 14.3. The molecule has 3 aromatic rings. The largest absolute Gasteiger partial charge is 0.452 e. The molecule has 4 rings (SSSR count). The molecule has 1 aliphatic rings. The Bertz CT molecular complexity index is 1030. The van der Waals surface area contributed by atoms with E-state index in [0.717, 1.165) is 33.9 Å². The van der Waals surface area contributed by atoms with Gasteiger partial charge in [-0.25, -0.2) is 4.79 Å². The molecule has 0 fully saturated rings. The quantitative estimate of drug-likeness (QED) is 0.631. The van der Waals surface area contributed by atoms with Crippen molar-refractivity contribution in [3.63, 3.8) is 0 Å². The SMILES string of the molecule is COC(=O)N1c2ccccc2C=C(C=O)[C@H]1c1cccc2ccccc12. The summed E-state index contributed by atoms with van der Waals surface area (Å²) < 4.78 is 5.05. The van der Waals surface area contributed by atoms with Crippen molar-refractivity contribution in [3.05, 3.63) is 83.4 Å². The topological polar surface area (TPSA) is 46.6 Å². The van der Waals surface area contributed by atoms with Gasteiger partial charge in [-0.1, -0.05) is 60.7 Å². The normalized spacial score (nSPS) is 16.0. The molecule has 0 saturated carbocycles. The van der Waals surface area contributed by atoms with Crippen LogP contribution in [0.5, 0.6) is 0 Å². The smallest absolute Gasteiger partial charge is 0.414 e. The van der Waals surface area contributed by atoms with Crippen molar-refractivity contribution in [1.29, 1.82) is 0 Å². The Balaban J connectivity index is 2.01. The Hall–Kier alpha value is -3.40. The third kappa shape index (κ3) is 2.47. The molecule has 0 radical (unpaired) electrons. The molecule has 128 valence electrons. The molecule has 0 aromatic heterocycles. The van der Waals surface area contributed by atoms with Crippen molar-refractivity contribution in [2.24, 2.45) is 0 Å². The zero-order chi connectivity index (χ0) is 18.1. The number of para-hydroxylation sites is 1. The first kappa shape index (κ1) is 16.1. The Morgan fingerprint density at radius 2 is 1.73 bits per heavy atom. The molecule has 1 amide bonds. The molecular formula is C22H17NO3. The monoisotopic (exact) mass is 343 g/mol. The predicted molar refractivity (Wildman–Crippen MR) is 102 cm³/mol. The van der Waals surface area contributed by atoms with Crippen LogP contribution in [0, 0.1) is 0 Å².